The second kappa shape index (κ2) is 8.93. The van der Waals surface area contributed by atoms with Gasteiger partial charge in [0.1, 0.15) is 5.01 Å². The van der Waals surface area contributed by atoms with Gasteiger partial charge >= 0.3 is 0 Å². The van der Waals surface area contributed by atoms with Crippen LogP contribution < -0.4 is 0 Å². The molecule has 0 saturated carbocycles. The van der Waals surface area contributed by atoms with Crippen LogP contribution in [0.4, 0.5) is 0 Å². The van der Waals surface area contributed by atoms with E-state index in [0.717, 1.165) is 60.6 Å². The normalized spacial score (nSPS) is 15.8. The van der Waals surface area contributed by atoms with Crippen molar-refractivity contribution in [3.05, 3.63) is 74.7 Å². The zero-order valence-corrected chi connectivity index (χ0v) is 18.2. The number of thiazole rings is 1. The highest BCUT2D eigenvalue weighted by atomic mass is 35.5. The third kappa shape index (κ3) is 4.94. The molecular weight excluding hydrogens is 409 g/mol. The Hall–Kier alpha value is -1.43. The van der Waals surface area contributed by atoms with E-state index in [9.17, 15) is 0 Å². The quantitative estimate of drug-likeness (QED) is 0.512. The van der Waals surface area contributed by atoms with E-state index in [4.69, 9.17) is 28.2 Å². The Labute approximate surface area is 180 Å². The first-order chi connectivity index (χ1) is 13.6. The fraction of sp³-hybridized carbons (Fsp3) is 0.318. The molecule has 3 aromatic rings. The van der Waals surface area contributed by atoms with Gasteiger partial charge in [-0.15, -0.1) is 11.3 Å². The van der Waals surface area contributed by atoms with Gasteiger partial charge in [-0.25, -0.2) is 4.98 Å². The van der Waals surface area contributed by atoms with E-state index in [2.05, 4.69) is 46.4 Å². The fourth-order valence-corrected chi connectivity index (χ4v) is 4.79. The molecule has 1 aromatic heterocycles. The molecule has 6 heteroatoms. The molecule has 0 atom stereocenters. The molecule has 28 heavy (non-hydrogen) atoms. The summed E-state index contributed by atoms with van der Waals surface area (Å²) in [6, 6.07) is 14.3. The first-order valence-electron chi connectivity index (χ1n) is 9.47. The molecule has 146 valence electrons. The third-order valence-corrected chi connectivity index (χ3v) is 6.60. The minimum Gasteiger partial charge on any atom is -0.296 e. The third-order valence-electron chi connectivity index (χ3n) is 5.08. The van der Waals surface area contributed by atoms with Crippen LogP contribution in [-0.2, 0) is 13.1 Å². The Morgan fingerprint density at radius 3 is 2.43 bits per heavy atom. The molecule has 2 heterocycles. The van der Waals surface area contributed by atoms with E-state index in [1.807, 2.05) is 18.2 Å². The summed E-state index contributed by atoms with van der Waals surface area (Å²) >= 11 is 14.0. The summed E-state index contributed by atoms with van der Waals surface area (Å²) in [6.45, 7) is 8.07. The van der Waals surface area contributed by atoms with Crippen molar-refractivity contribution in [3.63, 3.8) is 0 Å². The first-order valence-corrected chi connectivity index (χ1v) is 11.1. The van der Waals surface area contributed by atoms with Gasteiger partial charge in [-0.1, -0.05) is 53.0 Å². The van der Waals surface area contributed by atoms with Crippen molar-refractivity contribution in [1.29, 1.82) is 0 Å². The van der Waals surface area contributed by atoms with Crippen molar-refractivity contribution < 1.29 is 0 Å². The maximum absolute atomic E-state index is 6.32. The monoisotopic (exact) mass is 431 g/mol. The van der Waals surface area contributed by atoms with Crippen LogP contribution in [0, 0.1) is 6.92 Å². The van der Waals surface area contributed by atoms with Crippen LogP contribution in [0.1, 0.15) is 16.8 Å². The smallest absolute Gasteiger partial charge is 0.123 e. The summed E-state index contributed by atoms with van der Waals surface area (Å²) in [5, 5.41) is 4.74. The Morgan fingerprint density at radius 1 is 0.964 bits per heavy atom. The van der Waals surface area contributed by atoms with E-state index >= 15 is 0 Å². The Balaban J connectivity index is 1.31. The van der Waals surface area contributed by atoms with Crippen LogP contribution in [0.15, 0.2) is 47.8 Å². The second-order valence-electron chi connectivity index (χ2n) is 7.30. The van der Waals surface area contributed by atoms with Crippen LogP contribution in [0.3, 0.4) is 0 Å². The average molecular weight is 432 g/mol. The van der Waals surface area contributed by atoms with Gasteiger partial charge in [0.05, 0.1) is 5.69 Å². The number of hydrogen-bond acceptors (Lipinski definition) is 4. The molecule has 0 bridgehead atoms. The maximum Gasteiger partial charge on any atom is 0.123 e. The van der Waals surface area contributed by atoms with E-state index in [1.54, 1.807) is 11.3 Å². The average Bonchev–Trinajstić information content (AvgIpc) is 3.14. The van der Waals surface area contributed by atoms with Crippen LogP contribution in [0.5, 0.6) is 0 Å². The lowest BCUT2D eigenvalue weighted by Crippen LogP contribution is -2.45. The van der Waals surface area contributed by atoms with Crippen molar-refractivity contribution in [2.24, 2.45) is 0 Å². The molecule has 1 aliphatic heterocycles. The summed E-state index contributed by atoms with van der Waals surface area (Å²) < 4.78 is 0. The van der Waals surface area contributed by atoms with Crippen molar-refractivity contribution in [1.82, 2.24) is 14.8 Å². The highest BCUT2D eigenvalue weighted by Gasteiger charge is 2.19. The van der Waals surface area contributed by atoms with Gasteiger partial charge < -0.3 is 0 Å². The SMILES string of the molecule is Cc1cccc(-c2nc(CN3CCN(Cc4ccc(Cl)cc4Cl)CC3)cs2)c1. The second-order valence-corrected chi connectivity index (χ2v) is 9.00. The van der Waals surface area contributed by atoms with Gasteiger partial charge in [-0.05, 0) is 30.7 Å². The number of hydrogen-bond donors (Lipinski definition) is 0. The highest BCUT2D eigenvalue weighted by molar-refractivity contribution is 7.13. The van der Waals surface area contributed by atoms with E-state index in [1.165, 1.54) is 11.1 Å². The van der Waals surface area contributed by atoms with Crippen molar-refractivity contribution in [2.45, 2.75) is 20.0 Å². The Kier molecular flexibility index (Phi) is 6.34. The summed E-state index contributed by atoms with van der Waals surface area (Å²) in [5.74, 6) is 0. The largest absolute Gasteiger partial charge is 0.296 e. The van der Waals surface area contributed by atoms with E-state index in [0.29, 0.717) is 5.02 Å². The fourth-order valence-electron chi connectivity index (χ4n) is 3.52. The lowest BCUT2D eigenvalue weighted by molar-refractivity contribution is 0.121. The number of piperazine rings is 1. The predicted octanol–water partition coefficient (Wildman–Crippen LogP) is 5.74. The van der Waals surface area contributed by atoms with Crippen molar-refractivity contribution in [3.8, 4) is 10.6 Å². The summed E-state index contributed by atoms with van der Waals surface area (Å²) in [7, 11) is 0. The van der Waals surface area contributed by atoms with Crippen molar-refractivity contribution >= 4 is 34.5 Å². The molecule has 3 nitrogen and oxygen atoms in total. The zero-order chi connectivity index (χ0) is 19.5. The molecule has 1 fully saturated rings. The number of halogens is 2. The highest BCUT2D eigenvalue weighted by Crippen LogP contribution is 2.26. The molecule has 0 amide bonds. The molecule has 1 aliphatic rings. The minimum absolute atomic E-state index is 0.687. The standard InChI is InChI=1S/C22H23Cl2N3S/c1-16-3-2-4-17(11-16)22-25-20(15-28-22)14-27-9-7-26(8-10-27)13-18-5-6-19(23)12-21(18)24/h2-6,11-12,15H,7-10,13-14H2,1H3. The van der Waals surface area contributed by atoms with Gasteiger partial charge in [-0.2, -0.15) is 0 Å². The van der Waals surface area contributed by atoms with Crippen LogP contribution >= 0.6 is 34.5 Å². The molecule has 1 saturated heterocycles. The zero-order valence-electron chi connectivity index (χ0n) is 15.9. The first kappa shape index (κ1) is 19.9. The number of aryl methyl sites for hydroxylation is 1. The molecule has 0 radical (unpaired) electrons. The number of nitrogens with zero attached hydrogens (tertiary/aromatic N) is 3. The number of benzene rings is 2. The van der Waals surface area contributed by atoms with Crippen LogP contribution in [0.25, 0.3) is 10.6 Å². The number of aromatic nitrogens is 1. The topological polar surface area (TPSA) is 19.4 Å². The summed E-state index contributed by atoms with van der Waals surface area (Å²) in [6.07, 6.45) is 0. The minimum atomic E-state index is 0.687. The van der Waals surface area contributed by atoms with Crippen LogP contribution in [0.2, 0.25) is 10.0 Å². The van der Waals surface area contributed by atoms with Gasteiger partial charge in [0.25, 0.3) is 0 Å². The van der Waals surface area contributed by atoms with E-state index < -0.39 is 0 Å². The van der Waals surface area contributed by atoms with E-state index in [-0.39, 0.29) is 0 Å². The maximum atomic E-state index is 6.32. The van der Waals surface area contributed by atoms with Gasteiger partial charge in [0, 0.05) is 60.3 Å². The summed E-state index contributed by atoms with van der Waals surface area (Å²) in [4.78, 5) is 9.79. The molecule has 0 N–H and O–H groups in total. The van der Waals surface area contributed by atoms with Crippen LogP contribution in [-0.4, -0.2) is 41.0 Å². The Morgan fingerprint density at radius 2 is 1.71 bits per heavy atom. The van der Waals surface area contributed by atoms with Gasteiger partial charge in [-0.3, -0.25) is 9.80 Å². The Bertz CT molecular complexity index is 948. The molecule has 2 aromatic carbocycles. The lowest BCUT2D eigenvalue weighted by atomic mass is 10.1. The van der Waals surface area contributed by atoms with Crippen molar-refractivity contribution in [2.75, 3.05) is 26.2 Å². The summed E-state index contributed by atoms with van der Waals surface area (Å²) in [5.41, 5.74) is 4.78. The molecular formula is C22H23Cl2N3S. The molecule has 0 aliphatic carbocycles. The molecule has 4 rings (SSSR count). The molecule has 0 unspecified atom stereocenters. The van der Waals surface area contributed by atoms with Gasteiger partial charge in [0.15, 0.2) is 0 Å². The predicted molar refractivity (Wildman–Crippen MR) is 119 cm³/mol. The number of rotatable bonds is 5. The lowest BCUT2D eigenvalue weighted by Gasteiger charge is -2.34. The van der Waals surface area contributed by atoms with Gasteiger partial charge in [0.2, 0.25) is 0 Å². The molecule has 0 spiro atoms.